The number of carboxylic acids is 1. The topological polar surface area (TPSA) is 69.6 Å². The molecular formula is C13H17FN2O3. The summed E-state index contributed by atoms with van der Waals surface area (Å²) >= 11 is 0. The van der Waals surface area contributed by atoms with E-state index < -0.39 is 17.3 Å². The Morgan fingerprint density at radius 3 is 2.63 bits per heavy atom. The Kier molecular flexibility index (Phi) is 4.86. The first kappa shape index (κ1) is 14.9. The van der Waals surface area contributed by atoms with Crippen molar-refractivity contribution >= 4 is 17.7 Å². The maximum Gasteiger partial charge on any atom is 0.338 e. The van der Waals surface area contributed by atoms with Crippen LogP contribution in [0.25, 0.3) is 0 Å². The van der Waals surface area contributed by atoms with Crippen molar-refractivity contribution in [2.75, 3.05) is 12.4 Å². The van der Waals surface area contributed by atoms with E-state index in [1.807, 2.05) is 13.8 Å². The number of urea groups is 1. The molecule has 0 saturated carbocycles. The molecule has 19 heavy (non-hydrogen) atoms. The minimum Gasteiger partial charge on any atom is -0.478 e. The van der Waals surface area contributed by atoms with Crippen LogP contribution >= 0.6 is 0 Å². The maximum atomic E-state index is 13.2. The first-order valence-electron chi connectivity index (χ1n) is 5.93. The van der Waals surface area contributed by atoms with Gasteiger partial charge < -0.3 is 15.3 Å². The van der Waals surface area contributed by atoms with Crippen molar-refractivity contribution < 1.29 is 19.1 Å². The molecule has 1 rings (SSSR count). The molecule has 0 saturated heterocycles. The van der Waals surface area contributed by atoms with Crippen LogP contribution < -0.4 is 5.32 Å². The Hall–Kier alpha value is -2.11. The van der Waals surface area contributed by atoms with Gasteiger partial charge in [0.05, 0.1) is 5.56 Å². The molecule has 0 spiro atoms. The van der Waals surface area contributed by atoms with Gasteiger partial charge in [0.1, 0.15) is 5.82 Å². The molecule has 0 aliphatic heterocycles. The summed E-state index contributed by atoms with van der Waals surface area (Å²) < 4.78 is 13.2. The molecule has 1 atom stereocenters. The number of hydrogen-bond acceptors (Lipinski definition) is 2. The smallest absolute Gasteiger partial charge is 0.338 e. The summed E-state index contributed by atoms with van der Waals surface area (Å²) in [4.78, 5) is 24.1. The van der Waals surface area contributed by atoms with Gasteiger partial charge in [0.2, 0.25) is 0 Å². The van der Waals surface area contributed by atoms with Crippen LogP contribution in [-0.2, 0) is 0 Å². The predicted molar refractivity (Wildman–Crippen MR) is 69.9 cm³/mol. The largest absolute Gasteiger partial charge is 0.478 e. The lowest BCUT2D eigenvalue weighted by Gasteiger charge is -2.24. The van der Waals surface area contributed by atoms with Crippen LogP contribution in [0.1, 0.15) is 30.6 Å². The monoisotopic (exact) mass is 268 g/mol. The van der Waals surface area contributed by atoms with E-state index in [1.165, 1.54) is 11.0 Å². The summed E-state index contributed by atoms with van der Waals surface area (Å²) in [6.45, 7) is 3.85. The highest BCUT2D eigenvalue weighted by Gasteiger charge is 2.16. The molecule has 6 heteroatoms. The molecule has 2 amide bonds. The van der Waals surface area contributed by atoms with Gasteiger partial charge in [-0.2, -0.15) is 0 Å². The van der Waals surface area contributed by atoms with Crippen LogP contribution in [0.15, 0.2) is 18.2 Å². The highest BCUT2D eigenvalue weighted by Crippen LogP contribution is 2.15. The van der Waals surface area contributed by atoms with Crippen LogP contribution in [0.3, 0.4) is 0 Å². The van der Waals surface area contributed by atoms with Crippen LogP contribution in [0.5, 0.6) is 0 Å². The Bertz CT molecular complexity index is 491. The second-order valence-corrected chi connectivity index (χ2v) is 4.30. The molecule has 0 heterocycles. The van der Waals surface area contributed by atoms with Gasteiger partial charge in [0.15, 0.2) is 0 Å². The van der Waals surface area contributed by atoms with Gasteiger partial charge in [0.25, 0.3) is 0 Å². The fraction of sp³-hybridized carbons (Fsp3) is 0.385. The van der Waals surface area contributed by atoms with E-state index in [0.717, 1.165) is 18.6 Å². The van der Waals surface area contributed by atoms with E-state index >= 15 is 0 Å². The number of halogens is 1. The molecule has 1 unspecified atom stereocenters. The van der Waals surface area contributed by atoms with E-state index in [4.69, 9.17) is 5.11 Å². The number of carbonyl (C=O) groups is 2. The number of carbonyl (C=O) groups excluding carboxylic acids is 1. The Balaban J connectivity index is 2.86. The number of anilines is 1. The third-order valence-corrected chi connectivity index (χ3v) is 3.02. The summed E-state index contributed by atoms with van der Waals surface area (Å²) in [5, 5.41) is 11.3. The van der Waals surface area contributed by atoms with Crippen molar-refractivity contribution in [1.29, 1.82) is 0 Å². The van der Waals surface area contributed by atoms with Crippen LogP contribution in [-0.4, -0.2) is 35.1 Å². The minimum absolute atomic E-state index is 0.0550. The SMILES string of the molecule is CCC(C)N(C)C(=O)Nc1ccc(F)c(C(=O)O)c1. The highest BCUT2D eigenvalue weighted by atomic mass is 19.1. The molecule has 0 bridgehead atoms. The van der Waals surface area contributed by atoms with Crippen molar-refractivity contribution in [3.8, 4) is 0 Å². The average Bonchev–Trinajstić information content (AvgIpc) is 2.38. The lowest BCUT2D eigenvalue weighted by atomic mass is 10.2. The fourth-order valence-corrected chi connectivity index (χ4v) is 1.45. The standard InChI is InChI=1S/C13H17FN2O3/c1-4-8(2)16(3)13(19)15-9-5-6-11(14)10(7-9)12(17)18/h5-8H,4H2,1-3H3,(H,15,19)(H,17,18). The minimum atomic E-state index is -1.37. The first-order valence-corrected chi connectivity index (χ1v) is 5.93. The number of benzene rings is 1. The molecule has 0 aliphatic carbocycles. The third kappa shape index (κ3) is 3.67. The molecule has 104 valence electrons. The van der Waals surface area contributed by atoms with E-state index in [9.17, 15) is 14.0 Å². The highest BCUT2D eigenvalue weighted by molar-refractivity contribution is 5.93. The molecule has 1 aromatic carbocycles. The molecular weight excluding hydrogens is 251 g/mol. The first-order chi connectivity index (χ1) is 8.86. The third-order valence-electron chi connectivity index (χ3n) is 3.02. The van der Waals surface area contributed by atoms with E-state index in [0.29, 0.717) is 0 Å². The fourth-order valence-electron chi connectivity index (χ4n) is 1.45. The lowest BCUT2D eigenvalue weighted by Crippen LogP contribution is -2.37. The van der Waals surface area contributed by atoms with E-state index in [2.05, 4.69) is 5.32 Å². The Labute approximate surface area is 111 Å². The quantitative estimate of drug-likeness (QED) is 0.882. The molecule has 0 fully saturated rings. The average molecular weight is 268 g/mol. The molecule has 0 radical (unpaired) electrons. The van der Waals surface area contributed by atoms with Gasteiger partial charge in [-0.25, -0.2) is 14.0 Å². The normalized spacial score (nSPS) is 11.8. The summed E-state index contributed by atoms with van der Waals surface area (Å²) in [6.07, 6.45) is 0.799. The van der Waals surface area contributed by atoms with Gasteiger partial charge in [-0.1, -0.05) is 6.92 Å². The summed E-state index contributed by atoms with van der Waals surface area (Å²) in [5.74, 6) is -2.20. The molecule has 0 aromatic heterocycles. The number of nitrogens with one attached hydrogen (secondary N) is 1. The van der Waals surface area contributed by atoms with Gasteiger partial charge >= 0.3 is 12.0 Å². The number of rotatable bonds is 4. The number of carboxylic acid groups (broad SMARTS) is 1. The summed E-state index contributed by atoms with van der Waals surface area (Å²) in [7, 11) is 1.64. The number of nitrogens with zero attached hydrogens (tertiary/aromatic N) is 1. The van der Waals surface area contributed by atoms with Crippen LogP contribution in [0.4, 0.5) is 14.9 Å². The van der Waals surface area contributed by atoms with Gasteiger partial charge in [0, 0.05) is 18.8 Å². The van der Waals surface area contributed by atoms with Gasteiger partial charge in [-0.15, -0.1) is 0 Å². The Morgan fingerprint density at radius 1 is 1.47 bits per heavy atom. The lowest BCUT2D eigenvalue weighted by molar-refractivity contribution is 0.0692. The maximum absolute atomic E-state index is 13.2. The number of amides is 2. The zero-order chi connectivity index (χ0) is 14.6. The Morgan fingerprint density at radius 2 is 2.11 bits per heavy atom. The van der Waals surface area contributed by atoms with E-state index in [1.54, 1.807) is 7.05 Å². The molecule has 1 aromatic rings. The summed E-state index contributed by atoms with van der Waals surface area (Å²) in [6, 6.07) is 3.13. The van der Waals surface area contributed by atoms with Gasteiger partial charge in [-0.05, 0) is 31.5 Å². The van der Waals surface area contributed by atoms with Crippen molar-refractivity contribution in [2.24, 2.45) is 0 Å². The van der Waals surface area contributed by atoms with Crippen LogP contribution in [0.2, 0.25) is 0 Å². The second-order valence-electron chi connectivity index (χ2n) is 4.30. The second kappa shape index (κ2) is 6.17. The van der Waals surface area contributed by atoms with Crippen LogP contribution in [0, 0.1) is 5.82 Å². The zero-order valence-electron chi connectivity index (χ0n) is 11.1. The number of hydrogen-bond donors (Lipinski definition) is 2. The summed E-state index contributed by atoms with van der Waals surface area (Å²) in [5.41, 5.74) is -0.219. The van der Waals surface area contributed by atoms with Gasteiger partial charge in [-0.3, -0.25) is 0 Å². The number of aromatic carboxylic acids is 1. The molecule has 0 aliphatic rings. The van der Waals surface area contributed by atoms with E-state index in [-0.39, 0.29) is 17.8 Å². The predicted octanol–water partition coefficient (Wildman–Crippen LogP) is 2.79. The molecule has 2 N–H and O–H groups in total. The van der Waals surface area contributed by atoms with Crippen molar-refractivity contribution in [3.63, 3.8) is 0 Å². The zero-order valence-corrected chi connectivity index (χ0v) is 11.1. The van der Waals surface area contributed by atoms with Crippen molar-refractivity contribution in [2.45, 2.75) is 26.3 Å². The van der Waals surface area contributed by atoms with Crippen molar-refractivity contribution in [3.05, 3.63) is 29.6 Å². The molecule has 5 nitrogen and oxygen atoms in total. The van der Waals surface area contributed by atoms with Crippen molar-refractivity contribution in [1.82, 2.24) is 4.90 Å².